The molecule has 2 N–H and O–H groups in total. The summed E-state index contributed by atoms with van der Waals surface area (Å²) in [6.45, 7) is 5.72. The zero-order valence-electron chi connectivity index (χ0n) is 14.2. The first-order valence-electron chi connectivity index (χ1n) is 7.49. The molecule has 1 heterocycles. The van der Waals surface area contributed by atoms with Crippen molar-refractivity contribution in [2.24, 2.45) is 0 Å². The van der Waals surface area contributed by atoms with Gasteiger partial charge >= 0.3 is 0 Å². The topological polar surface area (TPSA) is 88.2 Å². The van der Waals surface area contributed by atoms with E-state index in [1.54, 1.807) is 26.1 Å². The molecule has 0 fully saturated rings. The largest absolute Gasteiger partial charge is 0.348 e. The Hall–Kier alpha value is -2.25. The van der Waals surface area contributed by atoms with Gasteiger partial charge < -0.3 is 5.32 Å². The Morgan fingerprint density at radius 2 is 1.88 bits per heavy atom. The molecule has 0 aliphatic carbocycles. The number of nitrogens with zero attached hydrogens (tertiary/aromatic N) is 1. The normalized spacial score (nSPS) is 11.3. The minimum atomic E-state index is -3.62. The van der Waals surface area contributed by atoms with Crippen LogP contribution in [0.15, 0.2) is 35.4 Å². The average molecular weight is 347 g/mol. The maximum atomic E-state index is 12.4. The summed E-state index contributed by atoms with van der Waals surface area (Å²) in [5, 5.41) is 2.78. The lowest BCUT2D eigenvalue weighted by Crippen LogP contribution is -2.25. The molecule has 7 heteroatoms. The Labute approximate surface area is 142 Å². The molecule has 0 atom stereocenters. The van der Waals surface area contributed by atoms with Gasteiger partial charge in [-0.3, -0.25) is 9.78 Å². The molecule has 1 aromatic heterocycles. The number of carbonyl (C=O) groups excluding carboxylic acids is 1. The van der Waals surface area contributed by atoms with Crippen molar-refractivity contribution < 1.29 is 13.2 Å². The monoisotopic (exact) mass is 347 g/mol. The highest BCUT2D eigenvalue weighted by Crippen LogP contribution is 2.21. The van der Waals surface area contributed by atoms with Crippen molar-refractivity contribution in [3.8, 4) is 0 Å². The lowest BCUT2D eigenvalue weighted by molar-refractivity contribution is 0.0950. The van der Waals surface area contributed by atoms with Crippen LogP contribution in [0.1, 0.15) is 32.7 Å². The average Bonchev–Trinajstić information content (AvgIpc) is 2.56. The lowest BCUT2D eigenvalue weighted by Gasteiger charge is -2.12. The van der Waals surface area contributed by atoms with Crippen molar-refractivity contribution in [1.82, 2.24) is 15.0 Å². The molecule has 2 aromatic rings. The van der Waals surface area contributed by atoms with Gasteiger partial charge in [-0.1, -0.05) is 6.07 Å². The molecule has 0 aliphatic rings. The minimum absolute atomic E-state index is 0.118. The van der Waals surface area contributed by atoms with Crippen molar-refractivity contribution in [3.05, 3.63) is 58.4 Å². The lowest BCUT2D eigenvalue weighted by atomic mass is 10.1. The van der Waals surface area contributed by atoms with E-state index in [1.165, 1.54) is 13.1 Å². The smallest absolute Gasteiger partial charge is 0.251 e. The van der Waals surface area contributed by atoms with Crippen molar-refractivity contribution in [2.75, 3.05) is 7.05 Å². The van der Waals surface area contributed by atoms with Gasteiger partial charge in [0.05, 0.1) is 4.90 Å². The molecule has 0 bridgehead atoms. The van der Waals surface area contributed by atoms with Crippen LogP contribution in [0.25, 0.3) is 0 Å². The zero-order valence-corrected chi connectivity index (χ0v) is 15.0. The van der Waals surface area contributed by atoms with Gasteiger partial charge in [0.25, 0.3) is 5.91 Å². The van der Waals surface area contributed by atoms with E-state index in [0.29, 0.717) is 17.7 Å². The van der Waals surface area contributed by atoms with Crippen LogP contribution in [0.5, 0.6) is 0 Å². The number of sulfonamides is 1. The second kappa shape index (κ2) is 7.11. The van der Waals surface area contributed by atoms with E-state index in [1.807, 2.05) is 19.1 Å². The van der Waals surface area contributed by atoms with E-state index < -0.39 is 10.0 Å². The number of aromatic nitrogens is 1. The van der Waals surface area contributed by atoms with Crippen LogP contribution >= 0.6 is 0 Å². The Bertz CT molecular complexity index is 859. The first-order chi connectivity index (χ1) is 11.2. The Morgan fingerprint density at radius 1 is 1.17 bits per heavy atom. The molecule has 6 nitrogen and oxygen atoms in total. The number of carbonyl (C=O) groups is 1. The standard InChI is InChI=1S/C17H21N3O3S/c1-11-7-15(8-16(13(11)3)24(22,23)18-4)17(21)20-10-14-6-5-12(2)19-9-14/h5-9,18H,10H2,1-4H3,(H,20,21). The second-order valence-corrected chi connectivity index (χ2v) is 7.47. The van der Waals surface area contributed by atoms with E-state index in [2.05, 4.69) is 15.0 Å². The van der Waals surface area contributed by atoms with Crippen LogP contribution in [-0.4, -0.2) is 26.4 Å². The van der Waals surface area contributed by atoms with Crippen molar-refractivity contribution in [1.29, 1.82) is 0 Å². The molecule has 0 saturated heterocycles. The molecule has 128 valence electrons. The summed E-state index contributed by atoms with van der Waals surface area (Å²) < 4.78 is 26.5. The number of nitrogens with one attached hydrogen (secondary N) is 2. The van der Waals surface area contributed by atoms with Gasteiger partial charge in [0.15, 0.2) is 0 Å². The molecule has 0 radical (unpaired) electrons. The first-order valence-corrected chi connectivity index (χ1v) is 8.97. The summed E-state index contributed by atoms with van der Waals surface area (Å²) >= 11 is 0. The highest BCUT2D eigenvalue weighted by atomic mass is 32.2. The fraction of sp³-hybridized carbons (Fsp3) is 0.294. The first kappa shape index (κ1) is 18.1. The molecule has 0 saturated carbocycles. The van der Waals surface area contributed by atoms with E-state index >= 15 is 0 Å². The van der Waals surface area contributed by atoms with Gasteiger partial charge in [0.2, 0.25) is 10.0 Å². The molecule has 0 aliphatic heterocycles. The van der Waals surface area contributed by atoms with Crippen LogP contribution in [0, 0.1) is 20.8 Å². The predicted molar refractivity (Wildman–Crippen MR) is 92.3 cm³/mol. The number of pyridine rings is 1. The summed E-state index contributed by atoms with van der Waals surface area (Å²) in [6.07, 6.45) is 1.70. The van der Waals surface area contributed by atoms with Crippen molar-refractivity contribution in [3.63, 3.8) is 0 Å². The Morgan fingerprint density at radius 3 is 2.46 bits per heavy atom. The molecular formula is C17H21N3O3S. The van der Waals surface area contributed by atoms with Crippen molar-refractivity contribution >= 4 is 15.9 Å². The number of rotatable bonds is 5. The molecule has 0 spiro atoms. The summed E-state index contributed by atoms with van der Waals surface area (Å²) in [7, 11) is -2.27. The number of benzene rings is 1. The summed E-state index contributed by atoms with van der Waals surface area (Å²) in [5.74, 6) is -0.328. The Balaban J connectivity index is 2.25. The summed E-state index contributed by atoms with van der Waals surface area (Å²) in [6, 6.07) is 6.85. The van der Waals surface area contributed by atoms with E-state index in [0.717, 1.165) is 16.8 Å². The zero-order chi connectivity index (χ0) is 17.9. The molecule has 1 aromatic carbocycles. The quantitative estimate of drug-likeness (QED) is 0.864. The van der Waals surface area contributed by atoms with E-state index in [4.69, 9.17) is 0 Å². The number of aryl methyl sites for hydroxylation is 2. The summed E-state index contributed by atoms with van der Waals surface area (Å²) in [5.41, 5.74) is 3.46. The number of hydrogen-bond donors (Lipinski definition) is 2. The maximum Gasteiger partial charge on any atom is 0.251 e. The number of amides is 1. The predicted octanol–water partition coefficient (Wildman–Crippen LogP) is 1.84. The minimum Gasteiger partial charge on any atom is -0.348 e. The summed E-state index contributed by atoms with van der Waals surface area (Å²) in [4.78, 5) is 16.7. The maximum absolute atomic E-state index is 12.4. The third-order valence-corrected chi connectivity index (χ3v) is 5.41. The molecular weight excluding hydrogens is 326 g/mol. The van der Waals surface area contributed by atoms with Crippen LogP contribution in [0.2, 0.25) is 0 Å². The van der Waals surface area contributed by atoms with Gasteiger partial charge in [-0.25, -0.2) is 13.1 Å². The van der Waals surface area contributed by atoms with E-state index in [-0.39, 0.29) is 10.8 Å². The van der Waals surface area contributed by atoms with E-state index in [9.17, 15) is 13.2 Å². The molecule has 2 rings (SSSR count). The molecule has 24 heavy (non-hydrogen) atoms. The van der Waals surface area contributed by atoms with Gasteiger partial charge in [-0.05, 0) is 62.7 Å². The number of hydrogen-bond acceptors (Lipinski definition) is 4. The van der Waals surface area contributed by atoms with Crippen molar-refractivity contribution in [2.45, 2.75) is 32.2 Å². The van der Waals surface area contributed by atoms with Gasteiger partial charge in [-0.15, -0.1) is 0 Å². The highest BCUT2D eigenvalue weighted by Gasteiger charge is 2.19. The Kier molecular flexibility index (Phi) is 5.36. The van der Waals surface area contributed by atoms with Gasteiger partial charge in [0.1, 0.15) is 0 Å². The molecule has 0 unspecified atom stereocenters. The van der Waals surface area contributed by atoms with Crippen LogP contribution in [0.4, 0.5) is 0 Å². The van der Waals surface area contributed by atoms with Crippen LogP contribution in [0.3, 0.4) is 0 Å². The van der Waals surface area contributed by atoms with Crippen LogP contribution < -0.4 is 10.0 Å². The van der Waals surface area contributed by atoms with Crippen LogP contribution in [-0.2, 0) is 16.6 Å². The third-order valence-electron chi connectivity index (χ3n) is 3.87. The van der Waals surface area contributed by atoms with Gasteiger partial charge in [0, 0.05) is 24.0 Å². The highest BCUT2D eigenvalue weighted by molar-refractivity contribution is 7.89. The van der Waals surface area contributed by atoms with Gasteiger partial charge in [-0.2, -0.15) is 0 Å². The second-order valence-electron chi connectivity index (χ2n) is 5.61. The molecule has 1 amide bonds. The fourth-order valence-electron chi connectivity index (χ4n) is 2.23. The third kappa shape index (κ3) is 3.98. The SMILES string of the molecule is CNS(=O)(=O)c1cc(C(=O)NCc2ccc(C)nc2)cc(C)c1C. The fourth-order valence-corrected chi connectivity index (χ4v) is 3.30.